The van der Waals surface area contributed by atoms with Crippen LogP contribution in [-0.2, 0) is 64.0 Å². The van der Waals surface area contributed by atoms with Gasteiger partial charge in [0.15, 0.2) is 0 Å². The average molecular weight is 2000 g/mol. The molecule has 4 saturated heterocycles. The summed E-state index contributed by atoms with van der Waals surface area (Å²) in [4.78, 5) is 110. The zero-order valence-electron chi connectivity index (χ0n) is 70.6. The number of hydrogen-bond acceptors (Lipinski definition) is 16. The molecule has 0 aliphatic carbocycles. The number of anilines is 8. The van der Waals surface area contributed by atoms with Crippen LogP contribution < -0.4 is 35.6 Å². The third kappa shape index (κ3) is 32.0. The van der Waals surface area contributed by atoms with Crippen molar-refractivity contribution in [3.05, 3.63) is 232 Å². The first-order valence-corrected chi connectivity index (χ1v) is 54.3. The van der Waals surface area contributed by atoms with Gasteiger partial charge in [0.25, 0.3) is 0 Å². The molecule has 0 aromatic heterocycles. The smallest absolute Gasteiger partial charge is 0.231 e. The molecule has 2 unspecified atom stereocenters. The fourth-order valence-electron chi connectivity index (χ4n) is 14.2. The highest BCUT2D eigenvalue weighted by atomic mass is 35.5. The Morgan fingerprint density at radius 1 is 0.288 bits per heavy atom. The van der Waals surface area contributed by atoms with Crippen molar-refractivity contribution in [2.24, 2.45) is 0 Å². The minimum absolute atomic E-state index is 0.0398. The number of nitrogens with zero attached hydrogens (tertiary/aromatic N) is 5. The van der Waals surface area contributed by atoms with Gasteiger partial charge in [0.1, 0.15) is 0 Å². The van der Waals surface area contributed by atoms with E-state index in [2.05, 4.69) is 16.0 Å². The predicted molar refractivity (Wildman–Crippen MR) is 544 cm³/mol. The first kappa shape index (κ1) is 103. The topological polar surface area (TPSA) is 189 Å². The summed E-state index contributed by atoms with van der Waals surface area (Å²) in [5, 5.41) is 13.9. The number of rotatable bonds is 36. The molecular formula is C93H106Cl8N8O8S8. The molecule has 8 aromatic rings. The number of carbonyl (C=O) groups is 8. The molecule has 3 N–H and O–H groups in total. The van der Waals surface area contributed by atoms with Crippen molar-refractivity contribution in [3.8, 4) is 0 Å². The van der Waals surface area contributed by atoms with Crippen LogP contribution in [0.3, 0.4) is 0 Å². The van der Waals surface area contributed by atoms with Crippen LogP contribution in [0.5, 0.6) is 0 Å². The molecule has 32 heteroatoms. The number of amides is 8. The van der Waals surface area contributed by atoms with Gasteiger partial charge >= 0.3 is 0 Å². The lowest BCUT2D eigenvalue weighted by molar-refractivity contribution is -0.128. The van der Waals surface area contributed by atoms with Crippen LogP contribution in [0.1, 0.15) is 151 Å². The van der Waals surface area contributed by atoms with E-state index in [1.54, 1.807) is 133 Å². The van der Waals surface area contributed by atoms with E-state index in [1.165, 1.54) is 48.7 Å². The standard InChI is InChI=1S/C24H28Cl2N2O2S2.3C23H26Cl2N2O2S2/c1-27(2)23(30)16-17-8-3-5-12-21(17)28(24-19(25)10-7-11-20(24)26)22(29)13-6-4-9-18-14-15-31-32-18;3*1-26-21(28)15-16-7-2-4-11-20(16)27(23-18(24)9-6-10-19(23)25)22(29)12-5-3-8-17-13-14-30-31-17/h3,5,7-8,10-12,18H,4,6,9,13-16H2,1-2H3;3*2,4,6-7,9-11,17H,3,5,8,12-15H2,1H3,(H,26,28)/t;2*17-;/m.10./s1. The molecule has 8 aromatic carbocycles. The number of carbonyl (C=O) groups excluding carboxylic acids is 8. The quantitative estimate of drug-likeness (QED) is 0.0248. The summed E-state index contributed by atoms with van der Waals surface area (Å²) in [6.07, 6.45) is 19.0. The highest BCUT2D eigenvalue weighted by Gasteiger charge is 2.32. The van der Waals surface area contributed by atoms with Crippen molar-refractivity contribution >= 4 is 272 Å². The molecule has 0 saturated carbocycles. The fourth-order valence-corrected chi connectivity index (χ4v) is 28.6. The number of benzene rings is 8. The molecule has 8 amide bonds. The number of likely N-dealkylation sites (N-methyl/N-ethyl adjacent to an activating group) is 4. The van der Waals surface area contributed by atoms with Gasteiger partial charge in [-0.15, -0.1) is 0 Å². The van der Waals surface area contributed by atoms with Crippen LogP contribution in [0, 0.1) is 0 Å². The van der Waals surface area contributed by atoms with Gasteiger partial charge < -0.3 is 20.9 Å². The van der Waals surface area contributed by atoms with E-state index in [0.717, 1.165) is 99.3 Å². The van der Waals surface area contributed by atoms with Gasteiger partial charge in [-0.05, 0) is 172 Å². The van der Waals surface area contributed by atoms with Crippen molar-refractivity contribution in [2.75, 3.05) is 77.8 Å². The average Bonchev–Trinajstić information content (AvgIpc) is 1.36. The monoisotopic (exact) mass is 2000 g/mol. The lowest BCUT2D eigenvalue weighted by Gasteiger charge is -2.27. The second kappa shape index (κ2) is 55.1. The largest absolute Gasteiger partial charge is 0.359 e. The van der Waals surface area contributed by atoms with Crippen LogP contribution in [0.25, 0.3) is 0 Å². The van der Waals surface area contributed by atoms with Crippen molar-refractivity contribution in [1.29, 1.82) is 0 Å². The van der Waals surface area contributed by atoms with Crippen molar-refractivity contribution in [1.82, 2.24) is 20.9 Å². The van der Waals surface area contributed by atoms with E-state index < -0.39 is 0 Å². The summed E-state index contributed by atoms with van der Waals surface area (Å²) in [5.74, 6) is 4.15. The van der Waals surface area contributed by atoms with Gasteiger partial charge in [0.2, 0.25) is 47.3 Å². The van der Waals surface area contributed by atoms with Crippen LogP contribution >= 0.6 is 179 Å². The van der Waals surface area contributed by atoms with E-state index in [9.17, 15) is 38.4 Å². The maximum atomic E-state index is 13.5. The molecule has 4 heterocycles. The molecule has 16 nitrogen and oxygen atoms in total. The van der Waals surface area contributed by atoms with Gasteiger partial charge in [-0.2, -0.15) is 0 Å². The Morgan fingerprint density at radius 2 is 0.496 bits per heavy atom. The third-order valence-corrected chi connectivity index (χ3v) is 35.3. The van der Waals surface area contributed by atoms with E-state index in [4.69, 9.17) is 92.8 Å². The normalized spacial score (nSPS) is 15.6. The number of halogens is 8. The number of hydrogen-bond donors (Lipinski definition) is 3. The van der Waals surface area contributed by atoms with E-state index in [0.29, 0.717) is 132 Å². The van der Waals surface area contributed by atoms with E-state index in [1.807, 2.05) is 183 Å². The highest BCUT2D eigenvalue weighted by molar-refractivity contribution is 8.78. The zero-order chi connectivity index (χ0) is 89.7. The molecule has 0 radical (unpaired) electrons. The summed E-state index contributed by atoms with van der Waals surface area (Å²) in [7, 11) is 23.8. The molecule has 0 bridgehead atoms. The summed E-state index contributed by atoms with van der Waals surface area (Å²) in [5.41, 5.74) is 7.38. The van der Waals surface area contributed by atoms with Crippen LogP contribution in [0.4, 0.5) is 45.5 Å². The molecule has 670 valence electrons. The van der Waals surface area contributed by atoms with Gasteiger partial charge in [-0.1, -0.05) is 302 Å². The van der Waals surface area contributed by atoms with E-state index >= 15 is 0 Å². The Hall–Kier alpha value is -5.36. The number of unbranched alkanes of at least 4 members (excludes halogenated alkanes) is 4. The Balaban J connectivity index is 0.000000189. The summed E-state index contributed by atoms with van der Waals surface area (Å²) in [6, 6.07) is 50.4. The number of para-hydroxylation sites is 8. The Labute approximate surface area is 808 Å². The summed E-state index contributed by atoms with van der Waals surface area (Å²) >= 11 is 52.0. The van der Waals surface area contributed by atoms with Crippen molar-refractivity contribution in [2.45, 2.75) is 175 Å². The maximum Gasteiger partial charge on any atom is 0.231 e. The molecule has 0 spiro atoms. The Kier molecular flexibility index (Phi) is 45.6. The Morgan fingerprint density at radius 3 is 0.688 bits per heavy atom. The van der Waals surface area contributed by atoms with Gasteiger partial charge in [-0.3, -0.25) is 58.0 Å². The molecule has 125 heavy (non-hydrogen) atoms. The zero-order valence-corrected chi connectivity index (χ0v) is 83.1. The minimum Gasteiger partial charge on any atom is -0.359 e. The van der Waals surface area contributed by atoms with Crippen molar-refractivity contribution in [3.63, 3.8) is 0 Å². The molecular weight excluding hydrogens is 1900 g/mol. The summed E-state index contributed by atoms with van der Waals surface area (Å²) in [6.45, 7) is 0. The van der Waals surface area contributed by atoms with Gasteiger partial charge in [0, 0.05) is 105 Å². The lowest BCUT2D eigenvalue weighted by atomic mass is 10.1. The van der Waals surface area contributed by atoms with E-state index in [-0.39, 0.29) is 72.9 Å². The fraction of sp³-hybridized carbons (Fsp3) is 0.398. The Bertz CT molecular complexity index is 4470. The second-order valence-electron chi connectivity index (χ2n) is 30.0. The van der Waals surface area contributed by atoms with Crippen LogP contribution in [-0.4, -0.2) is 131 Å². The van der Waals surface area contributed by atoms with Gasteiger partial charge in [0.05, 0.1) is 111 Å². The highest BCUT2D eigenvalue weighted by Crippen LogP contribution is 2.48. The van der Waals surface area contributed by atoms with Crippen LogP contribution in [0.15, 0.2) is 170 Å². The third-order valence-electron chi connectivity index (χ3n) is 20.9. The molecule has 4 atom stereocenters. The van der Waals surface area contributed by atoms with Crippen molar-refractivity contribution < 1.29 is 38.4 Å². The maximum absolute atomic E-state index is 13.5. The molecule has 4 aliphatic heterocycles. The van der Waals surface area contributed by atoms with Gasteiger partial charge in [-0.25, -0.2) is 0 Å². The minimum atomic E-state index is -0.128. The number of nitrogens with one attached hydrogen (secondary N) is 3. The first-order valence-electron chi connectivity index (χ1n) is 41.8. The molecule has 4 fully saturated rings. The first-order chi connectivity index (χ1) is 60.4. The second-order valence-corrected chi connectivity index (χ2v) is 44.4. The lowest BCUT2D eigenvalue weighted by Crippen LogP contribution is -2.29. The molecule has 4 aliphatic rings. The van der Waals surface area contributed by atoms with Crippen LogP contribution in [0.2, 0.25) is 40.2 Å². The summed E-state index contributed by atoms with van der Waals surface area (Å²) < 4.78 is 0. The molecule has 12 rings (SSSR count). The predicted octanol–water partition coefficient (Wildman–Crippen LogP) is 27.0. The SMILES string of the molecule is CN(C)C(=O)Cc1ccccc1N(C(=O)CCCCC1CCSS1)c1c(Cl)cccc1Cl.CNC(=O)Cc1ccccc1N(C(=O)CCCCC1CCSS1)c1c(Cl)cccc1Cl.CNC(=O)Cc1ccccc1N(C(=O)CCCC[C@@H]1CCSS1)c1c(Cl)cccc1Cl.CNC(=O)Cc1ccccc1N(C(=O)CCCC[C@H]1CCSS1)c1c(Cl)cccc1Cl.